The molecule has 1 saturated carbocycles. The molecule has 0 saturated heterocycles. The summed E-state index contributed by atoms with van der Waals surface area (Å²) in [5, 5.41) is 3.77. The zero-order chi connectivity index (χ0) is 15.6. The second kappa shape index (κ2) is 6.44. The van der Waals surface area contributed by atoms with E-state index in [9.17, 15) is 13.2 Å². The molecule has 2 nitrogen and oxygen atoms in total. The molecule has 116 valence electrons. The lowest BCUT2D eigenvalue weighted by Crippen LogP contribution is -2.20. The van der Waals surface area contributed by atoms with Crippen molar-refractivity contribution in [3.63, 3.8) is 0 Å². The summed E-state index contributed by atoms with van der Waals surface area (Å²) in [7, 11) is 0. The number of benzene rings is 1. The Morgan fingerprint density at radius 3 is 2.62 bits per heavy atom. The fraction of sp³-hybridized carbons (Fsp3) is 0.500. The summed E-state index contributed by atoms with van der Waals surface area (Å²) in [5.41, 5.74) is 4.93. The van der Waals surface area contributed by atoms with Gasteiger partial charge in [0.2, 0.25) is 0 Å². The Hall–Kier alpha value is -0.950. The van der Waals surface area contributed by atoms with Crippen LogP contribution < -0.4 is 11.1 Å². The molecule has 2 atom stereocenters. The predicted molar refractivity (Wildman–Crippen MR) is 85.9 cm³/mol. The highest BCUT2D eigenvalue weighted by molar-refractivity contribution is 7.99. The van der Waals surface area contributed by atoms with Gasteiger partial charge in [-0.2, -0.15) is 24.9 Å². The lowest BCUT2D eigenvalue weighted by Gasteiger charge is -2.18. The smallest absolute Gasteiger partial charge is 0.389 e. The molecule has 3 N–H and O–H groups in total. The first-order valence-electron chi connectivity index (χ1n) is 6.61. The van der Waals surface area contributed by atoms with Gasteiger partial charge in [0, 0.05) is 22.5 Å². The quantitative estimate of drug-likeness (QED) is 0.815. The number of thiocarbonyl (C=S) groups is 1. The summed E-state index contributed by atoms with van der Waals surface area (Å²) >= 11 is 6.50. The third-order valence-corrected chi connectivity index (χ3v) is 4.99. The number of nitrogens with one attached hydrogen (secondary N) is 1. The van der Waals surface area contributed by atoms with Crippen molar-refractivity contribution in [1.29, 1.82) is 0 Å². The first kappa shape index (κ1) is 16.4. The third-order valence-electron chi connectivity index (χ3n) is 3.68. The first-order chi connectivity index (χ1) is 9.81. The van der Waals surface area contributed by atoms with Crippen molar-refractivity contribution >= 4 is 34.7 Å². The van der Waals surface area contributed by atoms with E-state index in [4.69, 9.17) is 18.0 Å². The van der Waals surface area contributed by atoms with Crippen molar-refractivity contribution in [2.24, 2.45) is 5.73 Å². The normalized spacial score (nSPS) is 22.3. The van der Waals surface area contributed by atoms with Gasteiger partial charge in [0.15, 0.2) is 0 Å². The van der Waals surface area contributed by atoms with Crippen LogP contribution >= 0.6 is 24.0 Å². The van der Waals surface area contributed by atoms with Gasteiger partial charge in [-0.3, -0.25) is 0 Å². The van der Waals surface area contributed by atoms with E-state index in [1.165, 1.54) is 6.07 Å². The maximum atomic E-state index is 13.1. The van der Waals surface area contributed by atoms with Crippen LogP contribution in [0.1, 0.15) is 30.4 Å². The Kier molecular flexibility index (Phi) is 5.03. The second-order valence-electron chi connectivity index (χ2n) is 5.13. The van der Waals surface area contributed by atoms with Crippen molar-refractivity contribution < 1.29 is 13.2 Å². The minimum absolute atomic E-state index is 0.128. The molecule has 0 radical (unpaired) electrons. The molecule has 0 amide bonds. The number of halogens is 3. The van der Waals surface area contributed by atoms with E-state index < -0.39 is 11.7 Å². The highest BCUT2D eigenvalue weighted by Crippen LogP contribution is 2.35. The van der Waals surface area contributed by atoms with Crippen LogP contribution in [0.3, 0.4) is 0 Å². The highest BCUT2D eigenvalue weighted by Gasteiger charge is 2.34. The maximum Gasteiger partial charge on any atom is 0.417 e. The van der Waals surface area contributed by atoms with Gasteiger partial charge in [-0.1, -0.05) is 12.2 Å². The molecule has 0 heterocycles. The van der Waals surface area contributed by atoms with Crippen molar-refractivity contribution in [3.8, 4) is 0 Å². The van der Waals surface area contributed by atoms with Gasteiger partial charge < -0.3 is 11.1 Å². The fourth-order valence-electron chi connectivity index (χ4n) is 2.60. The third kappa shape index (κ3) is 4.03. The molecule has 0 aromatic heterocycles. The van der Waals surface area contributed by atoms with E-state index in [1.807, 2.05) is 0 Å². The summed E-state index contributed by atoms with van der Waals surface area (Å²) in [4.78, 5) is -0.239. The fourth-order valence-corrected chi connectivity index (χ4v) is 3.58. The lowest BCUT2D eigenvalue weighted by atomic mass is 10.1. The van der Waals surface area contributed by atoms with E-state index >= 15 is 0 Å². The lowest BCUT2D eigenvalue weighted by molar-refractivity contribution is -0.137. The predicted octanol–water partition coefficient (Wildman–Crippen LogP) is 4.04. The summed E-state index contributed by atoms with van der Waals surface area (Å²) in [6.07, 6.45) is 0.638. The van der Waals surface area contributed by atoms with Gasteiger partial charge in [-0.05, 0) is 43.7 Å². The number of hydrogen-bond acceptors (Lipinski definition) is 3. The summed E-state index contributed by atoms with van der Waals surface area (Å²) in [5.74, 6) is 0. The molecular formula is C14H17F3N2S2. The molecule has 0 bridgehead atoms. The minimum atomic E-state index is -4.46. The Morgan fingerprint density at radius 2 is 2.10 bits per heavy atom. The molecule has 0 aliphatic heterocycles. The van der Waals surface area contributed by atoms with E-state index in [-0.39, 0.29) is 16.6 Å². The van der Waals surface area contributed by atoms with Crippen LogP contribution in [-0.2, 0) is 6.18 Å². The largest absolute Gasteiger partial charge is 0.417 e. The molecule has 1 aromatic carbocycles. The number of anilines is 1. The zero-order valence-corrected chi connectivity index (χ0v) is 13.2. The van der Waals surface area contributed by atoms with Gasteiger partial charge in [0.1, 0.15) is 4.99 Å². The van der Waals surface area contributed by atoms with E-state index in [1.54, 1.807) is 17.8 Å². The Bertz CT molecular complexity index is 531. The van der Waals surface area contributed by atoms with Crippen LogP contribution in [0.4, 0.5) is 18.9 Å². The van der Waals surface area contributed by atoms with Crippen molar-refractivity contribution in [3.05, 3.63) is 29.3 Å². The molecule has 21 heavy (non-hydrogen) atoms. The second-order valence-corrected chi connectivity index (χ2v) is 6.71. The van der Waals surface area contributed by atoms with Gasteiger partial charge in [0.25, 0.3) is 0 Å². The van der Waals surface area contributed by atoms with Gasteiger partial charge in [0.05, 0.1) is 5.56 Å². The summed E-state index contributed by atoms with van der Waals surface area (Å²) in [6, 6.07) is 4.27. The Balaban J connectivity index is 2.20. The number of alkyl halides is 3. The SMILES string of the molecule is CSC1CCC(Nc2ccc(C(N)=S)c(C(F)(F)F)c2)C1. The van der Waals surface area contributed by atoms with Crippen LogP contribution in [0.25, 0.3) is 0 Å². The van der Waals surface area contributed by atoms with Gasteiger partial charge >= 0.3 is 6.18 Å². The molecule has 7 heteroatoms. The monoisotopic (exact) mass is 334 g/mol. The van der Waals surface area contributed by atoms with Crippen LogP contribution in [0.2, 0.25) is 0 Å². The Labute approximate surface area is 131 Å². The van der Waals surface area contributed by atoms with Crippen LogP contribution in [-0.4, -0.2) is 22.5 Å². The van der Waals surface area contributed by atoms with Gasteiger partial charge in [-0.25, -0.2) is 0 Å². The molecule has 2 unspecified atom stereocenters. The average Bonchev–Trinajstić information content (AvgIpc) is 2.85. The van der Waals surface area contributed by atoms with Crippen LogP contribution in [0.15, 0.2) is 18.2 Å². The number of nitrogens with two attached hydrogens (primary N) is 1. The summed E-state index contributed by atoms with van der Waals surface area (Å²) < 4.78 is 39.2. The molecule has 1 fully saturated rings. The molecule has 1 aromatic rings. The van der Waals surface area contributed by atoms with Crippen LogP contribution in [0, 0.1) is 0 Å². The van der Waals surface area contributed by atoms with E-state index in [0.717, 1.165) is 25.3 Å². The standard InChI is InChI=1S/C14H17F3N2S2/c1-21-10-4-2-8(6-10)19-9-3-5-11(13(18)20)12(7-9)14(15,16)17/h3,5,7-8,10,19H,2,4,6H2,1H3,(H2,18,20). The first-order valence-corrected chi connectivity index (χ1v) is 8.31. The average molecular weight is 334 g/mol. The van der Waals surface area contributed by atoms with E-state index in [0.29, 0.717) is 10.9 Å². The zero-order valence-electron chi connectivity index (χ0n) is 11.5. The molecule has 1 aliphatic rings. The Morgan fingerprint density at radius 1 is 1.38 bits per heavy atom. The number of rotatable bonds is 4. The molecular weight excluding hydrogens is 317 g/mol. The number of thioether (sulfide) groups is 1. The molecule has 0 spiro atoms. The van der Waals surface area contributed by atoms with Gasteiger partial charge in [-0.15, -0.1) is 0 Å². The van der Waals surface area contributed by atoms with Crippen molar-refractivity contribution in [2.45, 2.75) is 36.7 Å². The van der Waals surface area contributed by atoms with Crippen molar-refractivity contribution in [2.75, 3.05) is 11.6 Å². The topological polar surface area (TPSA) is 38.0 Å². The van der Waals surface area contributed by atoms with E-state index in [2.05, 4.69) is 11.6 Å². The summed E-state index contributed by atoms with van der Waals surface area (Å²) in [6.45, 7) is 0. The van der Waals surface area contributed by atoms with Crippen molar-refractivity contribution in [1.82, 2.24) is 0 Å². The minimum Gasteiger partial charge on any atom is -0.389 e. The highest BCUT2D eigenvalue weighted by atomic mass is 32.2. The molecule has 2 rings (SSSR count). The maximum absolute atomic E-state index is 13.1. The molecule has 1 aliphatic carbocycles. The van der Waals surface area contributed by atoms with Crippen LogP contribution in [0.5, 0.6) is 0 Å². The number of hydrogen-bond donors (Lipinski definition) is 2.